The Balaban J connectivity index is 1.57. The van der Waals surface area contributed by atoms with Crippen LogP contribution in [0.25, 0.3) is 0 Å². The van der Waals surface area contributed by atoms with E-state index in [1.165, 1.54) is 25.7 Å². The molecule has 23 heavy (non-hydrogen) atoms. The number of carbonyl (C=O) groups excluding carboxylic acids is 1. The molecular weight excluding hydrogens is 290 g/mol. The number of ether oxygens (including phenoxy) is 1. The van der Waals surface area contributed by atoms with Crippen molar-refractivity contribution in [2.75, 3.05) is 32.8 Å². The van der Waals surface area contributed by atoms with E-state index in [4.69, 9.17) is 4.74 Å². The highest BCUT2D eigenvalue weighted by atomic mass is 16.5. The van der Waals surface area contributed by atoms with Crippen LogP contribution in [0.2, 0.25) is 0 Å². The van der Waals surface area contributed by atoms with Crippen molar-refractivity contribution in [2.24, 2.45) is 11.8 Å². The summed E-state index contributed by atoms with van der Waals surface area (Å²) >= 11 is 0. The molecule has 0 aromatic heterocycles. The highest BCUT2D eigenvalue weighted by Crippen LogP contribution is 2.30. The fourth-order valence-corrected chi connectivity index (χ4v) is 4.03. The van der Waals surface area contributed by atoms with Crippen LogP contribution in [0.1, 0.15) is 52.9 Å². The Hall–Kier alpha value is -0.810. The zero-order chi connectivity index (χ0) is 16.7. The molecule has 4 atom stereocenters. The predicted molar refractivity (Wildman–Crippen MR) is 93.6 cm³/mol. The number of nitrogens with one attached hydrogen (secondary N) is 2. The SMILES string of the molecule is CC1CCCC(CCNC(=O)NCC(C)N2CCOCC2C)C1. The summed E-state index contributed by atoms with van der Waals surface area (Å²) in [7, 11) is 0. The second kappa shape index (κ2) is 9.48. The van der Waals surface area contributed by atoms with Crippen molar-refractivity contribution in [2.45, 2.75) is 65.0 Å². The van der Waals surface area contributed by atoms with Gasteiger partial charge in [0.1, 0.15) is 0 Å². The molecule has 0 aromatic rings. The Bertz CT molecular complexity index is 364. The number of urea groups is 1. The van der Waals surface area contributed by atoms with Crippen LogP contribution in [0.4, 0.5) is 4.79 Å². The molecule has 1 aliphatic heterocycles. The van der Waals surface area contributed by atoms with Gasteiger partial charge in [-0.3, -0.25) is 4.90 Å². The van der Waals surface area contributed by atoms with Gasteiger partial charge in [-0.1, -0.05) is 26.2 Å². The van der Waals surface area contributed by atoms with Crippen molar-refractivity contribution in [1.29, 1.82) is 0 Å². The fourth-order valence-electron chi connectivity index (χ4n) is 4.03. The van der Waals surface area contributed by atoms with Gasteiger partial charge in [-0.25, -0.2) is 4.79 Å². The van der Waals surface area contributed by atoms with Crippen molar-refractivity contribution in [3.05, 3.63) is 0 Å². The maximum atomic E-state index is 12.0. The minimum Gasteiger partial charge on any atom is -0.379 e. The van der Waals surface area contributed by atoms with Crippen molar-refractivity contribution >= 4 is 6.03 Å². The van der Waals surface area contributed by atoms with Crippen LogP contribution < -0.4 is 10.6 Å². The van der Waals surface area contributed by atoms with E-state index in [1.807, 2.05) is 0 Å². The van der Waals surface area contributed by atoms with E-state index >= 15 is 0 Å². The van der Waals surface area contributed by atoms with Crippen LogP contribution in [-0.2, 0) is 4.74 Å². The van der Waals surface area contributed by atoms with E-state index in [9.17, 15) is 4.79 Å². The lowest BCUT2D eigenvalue weighted by Gasteiger charge is -2.37. The topological polar surface area (TPSA) is 53.6 Å². The number of rotatable bonds is 6. The van der Waals surface area contributed by atoms with E-state index in [0.717, 1.165) is 44.6 Å². The van der Waals surface area contributed by atoms with Crippen molar-refractivity contribution in [3.63, 3.8) is 0 Å². The Morgan fingerprint density at radius 1 is 1.30 bits per heavy atom. The lowest BCUT2D eigenvalue weighted by molar-refractivity contribution is -0.0176. The van der Waals surface area contributed by atoms with Crippen LogP contribution in [0.3, 0.4) is 0 Å². The Morgan fingerprint density at radius 2 is 2.13 bits per heavy atom. The van der Waals surface area contributed by atoms with Gasteiger partial charge in [0.2, 0.25) is 0 Å². The number of amides is 2. The van der Waals surface area contributed by atoms with Gasteiger partial charge in [0.25, 0.3) is 0 Å². The molecular formula is C18H35N3O2. The summed E-state index contributed by atoms with van der Waals surface area (Å²) in [6.45, 7) is 10.7. The molecule has 0 aromatic carbocycles. The molecule has 1 aliphatic carbocycles. The van der Waals surface area contributed by atoms with Gasteiger partial charge in [0, 0.05) is 31.7 Å². The molecule has 134 valence electrons. The molecule has 0 radical (unpaired) electrons. The van der Waals surface area contributed by atoms with Crippen LogP contribution in [0.5, 0.6) is 0 Å². The van der Waals surface area contributed by atoms with E-state index in [1.54, 1.807) is 0 Å². The van der Waals surface area contributed by atoms with Gasteiger partial charge in [-0.15, -0.1) is 0 Å². The molecule has 1 saturated heterocycles. The van der Waals surface area contributed by atoms with E-state index in [0.29, 0.717) is 18.6 Å². The molecule has 2 N–H and O–H groups in total. The first kappa shape index (κ1) is 18.5. The first-order chi connectivity index (χ1) is 11.1. The Morgan fingerprint density at radius 3 is 2.87 bits per heavy atom. The standard InChI is InChI=1S/C18H35N3O2/c1-14-5-4-6-17(11-14)7-8-19-18(22)20-12-15(2)21-9-10-23-13-16(21)3/h14-17H,4-13H2,1-3H3,(H2,19,20,22). The molecule has 2 fully saturated rings. The molecule has 2 aliphatic rings. The Labute approximate surface area is 141 Å². The summed E-state index contributed by atoms with van der Waals surface area (Å²) in [5, 5.41) is 6.04. The van der Waals surface area contributed by atoms with Gasteiger partial charge in [0.15, 0.2) is 0 Å². The minimum atomic E-state index is -0.0263. The number of hydrogen-bond donors (Lipinski definition) is 2. The van der Waals surface area contributed by atoms with E-state index in [2.05, 4.69) is 36.3 Å². The first-order valence-electron chi connectivity index (χ1n) is 9.41. The van der Waals surface area contributed by atoms with Gasteiger partial charge in [-0.05, 0) is 38.5 Å². The second-order valence-corrected chi connectivity index (χ2v) is 7.57. The molecule has 5 nitrogen and oxygen atoms in total. The monoisotopic (exact) mass is 325 g/mol. The summed E-state index contributed by atoms with van der Waals surface area (Å²) in [6.07, 6.45) is 6.51. The fraction of sp³-hybridized carbons (Fsp3) is 0.944. The van der Waals surface area contributed by atoms with Gasteiger partial charge < -0.3 is 15.4 Å². The molecule has 1 heterocycles. The molecule has 2 rings (SSSR count). The summed E-state index contributed by atoms with van der Waals surface area (Å²) in [4.78, 5) is 14.4. The zero-order valence-corrected chi connectivity index (χ0v) is 15.1. The normalized spacial score (nSPS) is 30.7. The van der Waals surface area contributed by atoms with Crippen LogP contribution in [0, 0.1) is 11.8 Å². The highest BCUT2D eigenvalue weighted by molar-refractivity contribution is 5.73. The summed E-state index contributed by atoms with van der Waals surface area (Å²) in [5.74, 6) is 1.66. The minimum absolute atomic E-state index is 0.0263. The van der Waals surface area contributed by atoms with Crippen molar-refractivity contribution in [3.8, 4) is 0 Å². The third-order valence-corrected chi connectivity index (χ3v) is 5.43. The maximum Gasteiger partial charge on any atom is 0.314 e. The quantitative estimate of drug-likeness (QED) is 0.789. The molecule has 5 heteroatoms. The number of hydrogen-bond acceptors (Lipinski definition) is 3. The maximum absolute atomic E-state index is 12.0. The van der Waals surface area contributed by atoms with E-state index < -0.39 is 0 Å². The van der Waals surface area contributed by atoms with Crippen molar-refractivity contribution in [1.82, 2.24) is 15.5 Å². The number of nitrogens with zero attached hydrogens (tertiary/aromatic N) is 1. The van der Waals surface area contributed by atoms with Gasteiger partial charge >= 0.3 is 6.03 Å². The van der Waals surface area contributed by atoms with Crippen molar-refractivity contribution < 1.29 is 9.53 Å². The second-order valence-electron chi connectivity index (χ2n) is 7.57. The highest BCUT2D eigenvalue weighted by Gasteiger charge is 2.24. The third kappa shape index (κ3) is 6.30. The smallest absolute Gasteiger partial charge is 0.314 e. The lowest BCUT2D eigenvalue weighted by atomic mass is 9.81. The van der Waals surface area contributed by atoms with Crippen LogP contribution in [-0.4, -0.2) is 55.9 Å². The van der Waals surface area contributed by atoms with Crippen LogP contribution in [0.15, 0.2) is 0 Å². The third-order valence-electron chi connectivity index (χ3n) is 5.43. The van der Waals surface area contributed by atoms with Crippen LogP contribution >= 0.6 is 0 Å². The predicted octanol–water partition coefficient (Wildman–Crippen LogP) is 2.61. The zero-order valence-electron chi connectivity index (χ0n) is 15.1. The summed E-state index contributed by atoms with van der Waals surface area (Å²) in [6, 6.07) is 0.748. The first-order valence-corrected chi connectivity index (χ1v) is 9.41. The molecule has 4 unspecified atom stereocenters. The largest absolute Gasteiger partial charge is 0.379 e. The number of carbonyl (C=O) groups is 1. The molecule has 0 spiro atoms. The molecule has 1 saturated carbocycles. The summed E-state index contributed by atoms with van der Waals surface area (Å²) < 4.78 is 5.46. The van der Waals surface area contributed by atoms with Gasteiger partial charge in [-0.2, -0.15) is 0 Å². The average molecular weight is 325 g/mol. The molecule has 2 amide bonds. The Kier molecular flexibility index (Phi) is 7.63. The average Bonchev–Trinajstić information content (AvgIpc) is 2.53. The van der Waals surface area contributed by atoms with E-state index in [-0.39, 0.29) is 6.03 Å². The molecule has 0 bridgehead atoms. The van der Waals surface area contributed by atoms with Gasteiger partial charge in [0.05, 0.1) is 13.2 Å². The lowest BCUT2D eigenvalue weighted by Crippen LogP contribution is -2.52. The number of morpholine rings is 1. The summed E-state index contributed by atoms with van der Waals surface area (Å²) in [5.41, 5.74) is 0.